The molecule has 1 atom stereocenters. The Morgan fingerprint density at radius 1 is 1.03 bits per heavy atom. The number of ether oxygens (including phenoxy) is 3. The number of amides is 1. The molecule has 0 saturated carbocycles. The second kappa shape index (κ2) is 10.7. The van der Waals surface area contributed by atoms with Crippen LogP contribution in [0.25, 0.3) is 0 Å². The van der Waals surface area contributed by atoms with Crippen molar-refractivity contribution in [3.63, 3.8) is 0 Å². The fraction of sp³-hybridized carbons (Fsp3) is 0.417. The van der Waals surface area contributed by atoms with Crippen LogP contribution in [-0.4, -0.2) is 44.8 Å². The Morgan fingerprint density at radius 3 is 2.39 bits per heavy atom. The molecule has 1 heterocycles. The van der Waals surface area contributed by atoms with Gasteiger partial charge in [-0.05, 0) is 75.6 Å². The number of anilines is 2. The number of nitrogens with zero attached hydrogens (tertiary/aromatic N) is 1. The number of esters is 1. The van der Waals surface area contributed by atoms with Gasteiger partial charge in [-0.1, -0.05) is 0 Å². The summed E-state index contributed by atoms with van der Waals surface area (Å²) in [6, 6.07) is 12.5. The minimum atomic E-state index is -0.952. The second-order valence-corrected chi connectivity index (χ2v) is 7.43. The maximum absolute atomic E-state index is 12.5. The molecular formula is C24H30N2O5. The summed E-state index contributed by atoms with van der Waals surface area (Å²) in [4.78, 5) is 27.3. The Hall–Kier alpha value is -3.22. The molecule has 7 heteroatoms. The molecular weight excluding hydrogens is 396 g/mol. The molecule has 1 N–H and O–H groups in total. The van der Waals surface area contributed by atoms with Gasteiger partial charge >= 0.3 is 5.97 Å². The number of piperidine rings is 1. The van der Waals surface area contributed by atoms with E-state index >= 15 is 0 Å². The van der Waals surface area contributed by atoms with Crippen LogP contribution >= 0.6 is 0 Å². The van der Waals surface area contributed by atoms with E-state index in [1.54, 1.807) is 25.1 Å². The van der Waals surface area contributed by atoms with Gasteiger partial charge in [0.2, 0.25) is 0 Å². The van der Waals surface area contributed by atoms with Crippen LogP contribution in [0.3, 0.4) is 0 Å². The molecule has 0 radical (unpaired) electrons. The van der Waals surface area contributed by atoms with Gasteiger partial charge in [-0.15, -0.1) is 0 Å². The Labute approximate surface area is 183 Å². The highest BCUT2D eigenvalue weighted by atomic mass is 16.5. The van der Waals surface area contributed by atoms with E-state index in [4.69, 9.17) is 14.2 Å². The second-order valence-electron chi connectivity index (χ2n) is 7.43. The van der Waals surface area contributed by atoms with Crippen molar-refractivity contribution in [3.05, 3.63) is 48.0 Å². The van der Waals surface area contributed by atoms with Gasteiger partial charge < -0.3 is 24.4 Å². The molecule has 1 fully saturated rings. The maximum atomic E-state index is 12.5. The summed E-state index contributed by atoms with van der Waals surface area (Å²) in [7, 11) is 1.53. The minimum absolute atomic E-state index is 0.287. The predicted octanol–water partition coefficient (Wildman–Crippen LogP) is 4.27. The Balaban J connectivity index is 1.57. The van der Waals surface area contributed by atoms with Gasteiger partial charge in [0, 0.05) is 24.5 Å². The van der Waals surface area contributed by atoms with E-state index in [2.05, 4.69) is 10.2 Å². The summed E-state index contributed by atoms with van der Waals surface area (Å²) in [6.45, 7) is 5.95. The van der Waals surface area contributed by atoms with Gasteiger partial charge in [0.25, 0.3) is 5.91 Å². The van der Waals surface area contributed by atoms with Crippen molar-refractivity contribution in [2.24, 2.45) is 0 Å². The molecule has 0 unspecified atom stereocenters. The van der Waals surface area contributed by atoms with E-state index in [1.807, 2.05) is 31.2 Å². The van der Waals surface area contributed by atoms with Crippen LogP contribution < -0.4 is 19.7 Å². The third-order valence-corrected chi connectivity index (χ3v) is 5.21. The lowest BCUT2D eigenvalue weighted by Gasteiger charge is -2.28. The molecule has 166 valence electrons. The fourth-order valence-electron chi connectivity index (χ4n) is 3.51. The van der Waals surface area contributed by atoms with Gasteiger partial charge in [0.05, 0.1) is 19.3 Å². The number of carbonyl (C=O) groups excluding carboxylic acids is 2. The summed E-state index contributed by atoms with van der Waals surface area (Å²) in [5, 5.41) is 2.80. The molecule has 1 aliphatic rings. The van der Waals surface area contributed by atoms with Crippen LogP contribution in [0.15, 0.2) is 42.5 Å². The van der Waals surface area contributed by atoms with Crippen molar-refractivity contribution < 1.29 is 23.8 Å². The molecule has 0 bridgehead atoms. The number of carbonyl (C=O) groups is 2. The number of nitrogens with one attached hydrogen (secondary N) is 1. The first kappa shape index (κ1) is 22.5. The van der Waals surface area contributed by atoms with Crippen LogP contribution in [0.2, 0.25) is 0 Å². The number of methoxy groups -OCH3 is 1. The Morgan fingerprint density at radius 2 is 1.74 bits per heavy atom. The van der Waals surface area contributed by atoms with Crippen molar-refractivity contribution in [1.82, 2.24) is 0 Å². The highest BCUT2D eigenvalue weighted by molar-refractivity contribution is 5.97. The molecule has 1 saturated heterocycles. The van der Waals surface area contributed by atoms with Gasteiger partial charge in [-0.3, -0.25) is 4.79 Å². The van der Waals surface area contributed by atoms with Crippen LogP contribution in [0.1, 0.15) is 43.5 Å². The van der Waals surface area contributed by atoms with E-state index < -0.39 is 18.0 Å². The van der Waals surface area contributed by atoms with Gasteiger partial charge in [-0.25, -0.2) is 4.79 Å². The van der Waals surface area contributed by atoms with Crippen LogP contribution in [0.4, 0.5) is 11.4 Å². The summed E-state index contributed by atoms with van der Waals surface area (Å²) < 4.78 is 16.0. The monoisotopic (exact) mass is 426 g/mol. The smallest absolute Gasteiger partial charge is 0.339 e. The molecule has 7 nitrogen and oxygen atoms in total. The molecule has 0 aromatic heterocycles. The van der Waals surface area contributed by atoms with Gasteiger partial charge in [0.15, 0.2) is 17.6 Å². The zero-order chi connectivity index (χ0) is 22.2. The zero-order valence-electron chi connectivity index (χ0n) is 18.3. The third kappa shape index (κ3) is 5.90. The molecule has 3 rings (SSSR count). The summed E-state index contributed by atoms with van der Waals surface area (Å²) in [5.41, 5.74) is 2.10. The molecule has 0 aliphatic carbocycles. The number of rotatable bonds is 8. The van der Waals surface area contributed by atoms with Crippen molar-refractivity contribution >= 4 is 23.3 Å². The SMILES string of the molecule is CCOc1cc(C(=O)O[C@H](C)C(=O)Nc2ccc(N3CCCCC3)cc2)ccc1OC. The standard InChI is InChI=1S/C24H30N2O5/c1-4-30-22-16-18(8-13-21(22)29-3)24(28)31-17(2)23(27)25-19-9-11-20(12-10-19)26-14-6-5-7-15-26/h8-13,16-17H,4-7,14-15H2,1-3H3,(H,25,27)/t17-/m1/s1. The maximum Gasteiger partial charge on any atom is 0.339 e. The lowest BCUT2D eigenvalue weighted by Crippen LogP contribution is -2.30. The minimum Gasteiger partial charge on any atom is -0.493 e. The Bertz CT molecular complexity index is 891. The third-order valence-electron chi connectivity index (χ3n) is 5.21. The highest BCUT2D eigenvalue weighted by Gasteiger charge is 2.20. The molecule has 2 aromatic carbocycles. The zero-order valence-corrected chi connectivity index (χ0v) is 18.3. The van der Waals surface area contributed by atoms with E-state index in [1.165, 1.54) is 26.4 Å². The van der Waals surface area contributed by atoms with Crippen molar-refractivity contribution in [1.29, 1.82) is 0 Å². The van der Waals surface area contributed by atoms with Crippen LogP contribution in [0.5, 0.6) is 11.5 Å². The Kier molecular flexibility index (Phi) is 7.76. The van der Waals surface area contributed by atoms with Crippen molar-refractivity contribution in [3.8, 4) is 11.5 Å². The molecule has 0 spiro atoms. The first-order chi connectivity index (χ1) is 15.0. The number of hydrogen-bond donors (Lipinski definition) is 1. The number of hydrogen-bond acceptors (Lipinski definition) is 6. The normalized spacial score (nSPS) is 14.5. The molecule has 31 heavy (non-hydrogen) atoms. The molecule has 2 aromatic rings. The predicted molar refractivity (Wildman–Crippen MR) is 120 cm³/mol. The topological polar surface area (TPSA) is 77.1 Å². The van der Waals surface area contributed by atoms with Gasteiger partial charge in [0.1, 0.15) is 0 Å². The highest BCUT2D eigenvalue weighted by Crippen LogP contribution is 2.28. The lowest BCUT2D eigenvalue weighted by molar-refractivity contribution is -0.123. The first-order valence-corrected chi connectivity index (χ1v) is 10.7. The van der Waals surface area contributed by atoms with E-state index in [9.17, 15) is 9.59 Å². The van der Waals surface area contributed by atoms with E-state index in [-0.39, 0.29) is 5.56 Å². The van der Waals surface area contributed by atoms with Crippen molar-refractivity contribution in [2.45, 2.75) is 39.2 Å². The van der Waals surface area contributed by atoms with Gasteiger partial charge in [-0.2, -0.15) is 0 Å². The largest absolute Gasteiger partial charge is 0.493 e. The molecule has 1 amide bonds. The first-order valence-electron chi connectivity index (χ1n) is 10.7. The summed E-state index contributed by atoms with van der Waals surface area (Å²) >= 11 is 0. The molecule has 1 aliphatic heterocycles. The van der Waals surface area contributed by atoms with Crippen molar-refractivity contribution in [2.75, 3.05) is 37.0 Å². The average Bonchev–Trinajstić information content (AvgIpc) is 2.80. The van der Waals surface area contributed by atoms with E-state index in [0.29, 0.717) is 23.8 Å². The van der Waals surface area contributed by atoms with Crippen LogP contribution in [-0.2, 0) is 9.53 Å². The fourth-order valence-corrected chi connectivity index (χ4v) is 3.51. The van der Waals surface area contributed by atoms with Crippen LogP contribution in [0, 0.1) is 0 Å². The quantitative estimate of drug-likeness (QED) is 0.636. The van der Waals surface area contributed by atoms with E-state index in [0.717, 1.165) is 18.8 Å². The lowest BCUT2D eigenvalue weighted by atomic mass is 10.1. The summed E-state index contributed by atoms with van der Waals surface area (Å²) in [6.07, 6.45) is 2.75. The number of benzene rings is 2. The summed E-state index contributed by atoms with van der Waals surface area (Å²) in [5.74, 6) is -0.0214. The average molecular weight is 427 g/mol.